The number of hydrogen-bond donors (Lipinski definition) is 3. The van der Waals surface area contributed by atoms with Crippen molar-refractivity contribution in [1.82, 2.24) is 25.7 Å². The van der Waals surface area contributed by atoms with Gasteiger partial charge in [0, 0.05) is 43.5 Å². The number of rotatable bonds is 7. The van der Waals surface area contributed by atoms with Crippen LogP contribution in [0.3, 0.4) is 0 Å². The summed E-state index contributed by atoms with van der Waals surface area (Å²) in [5.41, 5.74) is 5.48. The lowest BCUT2D eigenvalue weighted by Gasteiger charge is -2.38. The molecule has 28 heavy (non-hydrogen) atoms. The maximum atomic E-state index is 14.7. The minimum atomic E-state index is -0.289. The third-order valence-corrected chi connectivity index (χ3v) is 5.24. The number of carbonyl (C=O) groups excluding carboxylic acids is 1. The molecule has 1 aliphatic heterocycles. The number of aryl methyl sites for hydroxylation is 1. The summed E-state index contributed by atoms with van der Waals surface area (Å²) in [6.07, 6.45) is 5.80. The third-order valence-electron chi connectivity index (χ3n) is 5.24. The van der Waals surface area contributed by atoms with E-state index in [0.29, 0.717) is 17.8 Å². The van der Waals surface area contributed by atoms with Gasteiger partial charge in [0.15, 0.2) is 5.82 Å². The van der Waals surface area contributed by atoms with Gasteiger partial charge in [-0.3, -0.25) is 0 Å². The second-order valence-corrected chi connectivity index (χ2v) is 7.95. The number of allylic oxidation sites excluding steroid dienone is 1. The van der Waals surface area contributed by atoms with E-state index in [9.17, 15) is 9.18 Å². The third kappa shape index (κ3) is 4.92. The predicted octanol–water partition coefficient (Wildman–Crippen LogP) is 3.09. The molecule has 1 aromatic rings. The van der Waals surface area contributed by atoms with E-state index in [1.165, 1.54) is 0 Å². The molecular formula is C20H32FN5O2. The van der Waals surface area contributed by atoms with Crippen molar-refractivity contribution in [3.8, 4) is 0 Å². The number of urea groups is 1. The molecule has 1 saturated carbocycles. The van der Waals surface area contributed by atoms with E-state index < -0.39 is 0 Å². The molecule has 1 saturated heterocycles. The topological polar surface area (TPSA) is 72.6 Å². The van der Waals surface area contributed by atoms with Gasteiger partial charge >= 0.3 is 6.03 Å². The van der Waals surface area contributed by atoms with Gasteiger partial charge in [0.2, 0.25) is 0 Å². The standard InChI is InChI=1S/C20H32FN5O2/c1-13(2)10-17-14(3)24-18(19(17)21)11-23-20(27)26(15-7-8-15)16-6-5-9-25(12-16)28-22-4/h10,15-16,22,24H,5-9,11-12H2,1-4H3,(H,23,27). The average molecular weight is 394 g/mol. The van der Waals surface area contributed by atoms with E-state index in [4.69, 9.17) is 4.94 Å². The summed E-state index contributed by atoms with van der Waals surface area (Å²) in [5.74, 6) is -0.289. The van der Waals surface area contributed by atoms with Crippen LogP contribution in [0.1, 0.15) is 56.5 Å². The number of aromatic nitrogens is 1. The number of halogens is 1. The zero-order valence-electron chi connectivity index (χ0n) is 17.3. The molecule has 2 amide bonds. The van der Waals surface area contributed by atoms with E-state index in [1.807, 2.05) is 36.8 Å². The minimum Gasteiger partial charge on any atom is -0.358 e. The smallest absolute Gasteiger partial charge is 0.318 e. The van der Waals surface area contributed by atoms with Gasteiger partial charge < -0.3 is 15.2 Å². The zero-order chi connectivity index (χ0) is 20.3. The van der Waals surface area contributed by atoms with E-state index in [-0.39, 0.29) is 30.5 Å². The van der Waals surface area contributed by atoms with Crippen LogP contribution in [0.25, 0.3) is 6.08 Å². The van der Waals surface area contributed by atoms with Crippen molar-refractivity contribution < 1.29 is 14.1 Å². The highest BCUT2D eigenvalue weighted by molar-refractivity contribution is 5.75. The molecular weight excluding hydrogens is 361 g/mol. The van der Waals surface area contributed by atoms with E-state index in [0.717, 1.165) is 43.5 Å². The Morgan fingerprint density at radius 1 is 1.36 bits per heavy atom. The largest absolute Gasteiger partial charge is 0.358 e. The highest BCUT2D eigenvalue weighted by Crippen LogP contribution is 2.31. The van der Waals surface area contributed by atoms with Crippen LogP contribution in [0.4, 0.5) is 9.18 Å². The van der Waals surface area contributed by atoms with Crippen LogP contribution in [0.5, 0.6) is 0 Å². The van der Waals surface area contributed by atoms with Crippen LogP contribution in [-0.4, -0.2) is 53.2 Å². The lowest BCUT2D eigenvalue weighted by atomic mass is 10.1. The molecule has 8 heteroatoms. The minimum absolute atomic E-state index is 0.103. The first-order valence-electron chi connectivity index (χ1n) is 10.1. The normalized spacial score (nSPS) is 20.1. The summed E-state index contributed by atoms with van der Waals surface area (Å²) in [5, 5.41) is 4.78. The summed E-state index contributed by atoms with van der Waals surface area (Å²) in [6.45, 7) is 7.38. The van der Waals surface area contributed by atoms with Gasteiger partial charge in [-0.05, 0) is 46.5 Å². The molecule has 3 N–H and O–H groups in total. The van der Waals surface area contributed by atoms with Crippen molar-refractivity contribution in [1.29, 1.82) is 0 Å². The molecule has 1 aliphatic carbocycles. The summed E-state index contributed by atoms with van der Waals surface area (Å²) in [7, 11) is 1.73. The van der Waals surface area contributed by atoms with Crippen molar-refractivity contribution in [2.45, 2.75) is 65.1 Å². The Labute approximate surface area is 166 Å². The Kier molecular flexibility index (Phi) is 6.74. The van der Waals surface area contributed by atoms with Crippen LogP contribution >= 0.6 is 0 Å². The number of amides is 2. The maximum Gasteiger partial charge on any atom is 0.318 e. The molecule has 0 bridgehead atoms. The molecule has 7 nitrogen and oxygen atoms in total. The fourth-order valence-corrected chi connectivity index (χ4v) is 3.86. The monoisotopic (exact) mass is 393 g/mol. The maximum absolute atomic E-state index is 14.7. The Hall–Kier alpha value is -1.90. The first-order chi connectivity index (χ1) is 13.4. The number of hydroxylamine groups is 3. The molecule has 2 fully saturated rings. The van der Waals surface area contributed by atoms with E-state index >= 15 is 0 Å². The first-order valence-corrected chi connectivity index (χ1v) is 10.1. The Morgan fingerprint density at radius 2 is 2.11 bits per heavy atom. The number of hydrogen-bond acceptors (Lipinski definition) is 4. The lowest BCUT2D eigenvalue weighted by Crippen LogP contribution is -2.54. The van der Waals surface area contributed by atoms with E-state index in [2.05, 4.69) is 15.8 Å². The predicted molar refractivity (Wildman–Crippen MR) is 107 cm³/mol. The van der Waals surface area contributed by atoms with Gasteiger partial charge in [0.25, 0.3) is 0 Å². The molecule has 0 aromatic carbocycles. The van der Waals surface area contributed by atoms with Crippen LogP contribution in [0.15, 0.2) is 5.57 Å². The molecule has 2 aliphatic rings. The molecule has 0 spiro atoms. The quantitative estimate of drug-likeness (QED) is 0.623. The van der Waals surface area contributed by atoms with Crippen LogP contribution in [0, 0.1) is 12.7 Å². The molecule has 2 heterocycles. The molecule has 3 rings (SSSR count). The SMILES string of the molecule is CNON1CCCC(N(C(=O)NCc2[nH]c(C)c(C=C(C)C)c2F)C2CC2)C1. The van der Waals surface area contributed by atoms with Gasteiger partial charge in [0.05, 0.1) is 12.2 Å². The second kappa shape index (κ2) is 9.07. The number of nitrogens with zero attached hydrogens (tertiary/aromatic N) is 2. The van der Waals surface area contributed by atoms with Crippen LogP contribution in [-0.2, 0) is 11.5 Å². The zero-order valence-corrected chi connectivity index (χ0v) is 17.3. The fourth-order valence-electron chi connectivity index (χ4n) is 3.86. The Morgan fingerprint density at radius 3 is 2.75 bits per heavy atom. The van der Waals surface area contributed by atoms with Crippen molar-refractivity contribution in [2.24, 2.45) is 0 Å². The molecule has 1 aromatic heterocycles. The first kappa shape index (κ1) is 20.8. The average Bonchev–Trinajstić information content (AvgIpc) is 3.44. The van der Waals surface area contributed by atoms with E-state index in [1.54, 1.807) is 7.05 Å². The summed E-state index contributed by atoms with van der Waals surface area (Å²) >= 11 is 0. The fraction of sp³-hybridized carbons (Fsp3) is 0.650. The van der Waals surface area contributed by atoms with Crippen molar-refractivity contribution >= 4 is 12.1 Å². The Bertz CT molecular complexity index is 722. The van der Waals surface area contributed by atoms with Crippen molar-refractivity contribution in [3.05, 3.63) is 28.3 Å². The number of nitrogens with one attached hydrogen (secondary N) is 3. The summed E-state index contributed by atoms with van der Waals surface area (Å²) in [6, 6.07) is 0.247. The molecule has 156 valence electrons. The lowest BCUT2D eigenvalue weighted by molar-refractivity contribution is -0.219. The van der Waals surface area contributed by atoms with Crippen LogP contribution in [0.2, 0.25) is 0 Å². The number of carbonyl (C=O) groups is 1. The van der Waals surface area contributed by atoms with Gasteiger partial charge in [0.1, 0.15) is 0 Å². The van der Waals surface area contributed by atoms with Gasteiger partial charge in [-0.1, -0.05) is 11.6 Å². The molecule has 1 unspecified atom stereocenters. The number of piperidine rings is 1. The number of H-pyrrole nitrogens is 1. The molecule has 1 atom stereocenters. The van der Waals surface area contributed by atoms with Crippen molar-refractivity contribution in [2.75, 3.05) is 20.1 Å². The highest BCUT2D eigenvalue weighted by atomic mass is 19.1. The Balaban J connectivity index is 1.65. The number of aromatic amines is 1. The van der Waals surface area contributed by atoms with Gasteiger partial charge in [-0.15, -0.1) is 0 Å². The van der Waals surface area contributed by atoms with Gasteiger partial charge in [-0.25, -0.2) is 14.1 Å². The summed E-state index contributed by atoms with van der Waals surface area (Å²) < 4.78 is 14.7. The van der Waals surface area contributed by atoms with Gasteiger partial charge in [-0.2, -0.15) is 10.5 Å². The van der Waals surface area contributed by atoms with Crippen LogP contribution < -0.4 is 10.8 Å². The summed E-state index contributed by atoms with van der Waals surface area (Å²) in [4.78, 5) is 23.3. The molecule has 0 radical (unpaired) electrons. The second-order valence-electron chi connectivity index (χ2n) is 7.95. The highest BCUT2D eigenvalue weighted by Gasteiger charge is 2.39. The van der Waals surface area contributed by atoms with Crippen molar-refractivity contribution in [3.63, 3.8) is 0 Å².